The van der Waals surface area contributed by atoms with Crippen LogP contribution in [0.5, 0.6) is 11.5 Å². The molecule has 0 fully saturated rings. The van der Waals surface area contributed by atoms with Crippen LogP contribution in [0.3, 0.4) is 0 Å². The van der Waals surface area contributed by atoms with E-state index >= 15 is 0 Å². The molecule has 0 aliphatic carbocycles. The van der Waals surface area contributed by atoms with E-state index in [0.29, 0.717) is 36.4 Å². The van der Waals surface area contributed by atoms with E-state index in [0.717, 1.165) is 0 Å². The zero-order valence-electron chi connectivity index (χ0n) is 14.3. The first-order valence-electron chi connectivity index (χ1n) is 8.09. The van der Waals surface area contributed by atoms with Crippen molar-refractivity contribution in [2.75, 3.05) is 13.1 Å². The van der Waals surface area contributed by atoms with Gasteiger partial charge in [-0.3, -0.25) is 14.4 Å². The highest BCUT2D eigenvalue weighted by Gasteiger charge is 2.07. The number of esters is 1. The van der Waals surface area contributed by atoms with Crippen LogP contribution in [0.25, 0.3) is 0 Å². The fraction of sp³-hybridized carbons (Fsp3) is 0.211. The summed E-state index contributed by atoms with van der Waals surface area (Å²) in [5.41, 5.74) is 0.826. The van der Waals surface area contributed by atoms with Gasteiger partial charge in [-0.25, -0.2) is 0 Å². The third-order valence-electron chi connectivity index (χ3n) is 3.41. The maximum absolute atomic E-state index is 12.0. The average molecular weight is 356 g/mol. The van der Waals surface area contributed by atoms with Gasteiger partial charge < -0.3 is 20.5 Å². The Morgan fingerprint density at radius 3 is 2.12 bits per heavy atom. The Labute approximate surface area is 151 Å². The molecule has 0 radical (unpaired) electrons. The summed E-state index contributed by atoms with van der Waals surface area (Å²) in [6.07, 6.45) is 0.557. The summed E-state index contributed by atoms with van der Waals surface area (Å²) in [6.45, 7) is 2.09. The van der Waals surface area contributed by atoms with Crippen molar-refractivity contribution in [1.82, 2.24) is 10.6 Å². The lowest BCUT2D eigenvalue weighted by Gasteiger charge is -2.08. The molecular formula is C19H20N2O5. The van der Waals surface area contributed by atoms with Gasteiger partial charge in [0.25, 0.3) is 11.8 Å². The zero-order chi connectivity index (χ0) is 18.9. The predicted octanol–water partition coefficient (Wildman–Crippen LogP) is 1.87. The Kier molecular flexibility index (Phi) is 6.73. The Morgan fingerprint density at radius 1 is 0.923 bits per heavy atom. The molecule has 136 valence electrons. The number of hydrogen-bond acceptors (Lipinski definition) is 5. The van der Waals surface area contributed by atoms with E-state index in [1.165, 1.54) is 19.1 Å². The largest absolute Gasteiger partial charge is 0.508 e. The van der Waals surface area contributed by atoms with Crippen LogP contribution in [0.4, 0.5) is 0 Å². The smallest absolute Gasteiger partial charge is 0.308 e. The Bertz CT molecular complexity index is 787. The molecule has 7 heteroatoms. The topological polar surface area (TPSA) is 105 Å². The van der Waals surface area contributed by atoms with Crippen LogP contribution in [0.2, 0.25) is 0 Å². The molecular weight excluding hydrogens is 336 g/mol. The average Bonchev–Trinajstić information content (AvgIpc) is 2.61. The first-order chi connectivity index (χ1) is 12.5. The minimum atomic E-state index is -0.421. The lowest BCUT2D eigenvalue weighted by atomic mass is 10.2. The summed E-state index contributed by atoms with van der Waals surface area (Å²) in [7, 11) is 0. The second-order valence-electron chi connectivity index (χ2n) is 5.53. The lowest BCUT2D eigenvalue weighted by molar-refractivity contribution is -0.131. The van der Waals surface area contributed by atoms with Crippen LogP contribution >= 0.6 is 0 Å². The van der Waals surface area contributed by atoms with Crippen LogP contribution in [-0.4, -0.2) is 36.0 Å². The van der Waals surface area contributed by atoms with Crippen LogP contribution in [0.1, 0.15) is 34.1 Å². The molecule has 7 nitrogen and oxygen atoms in total. The lowest BCUT2D eigenvalue weighted by Crippen LogP contribution is -2.29. The molecule has 0 unspecified atom stereocenters. The van der Waals surface area contributed by atoms with Crippen molar-refractivity contribution in [3.05, 3.63) is 59.7 Å². The molecule has 2 amide bonds. The Hall–Kier alpha value is -3.35. The molecule has 2 rings (SSSR count). The predicted molar refractivity (Wildman–Crippen MR) is 95.1 cm³/mol. The number of carbonyl (C=O) groups excluding carboxylic acids is 3. The van der Waals surface area contributed by atoms with E-state index in [2.05, 4.69) is 10.6 Å². The van der Waals surface area contributed by atoms with Gasteiger partial charge in [0, 0.05) is 31.1 Å². The summed E-state index contributed by atoms with van der Waals surface area (Å²) in [4.78, 5) is 34.7. The molecule has 0 aliphatic rings. The van der Waals surface area contributed by atoms with Crippen molar-refractivity contribution in [2.45, 2.75) is 13.3 Å². The second-order valence-corrected chi connectivity index (χ2v) is 5.53. The third kappa shape index (κ3) is 5.94. The third-order valence-corrected chi connectivity index (χ3v) is 3.41. The molecule has 0 heterocycles. The maximum Gasteiger partial charge on any atom is 0.308 e. The van der Waals surface area contributed by atoms with Crippen molar-refractivity contribution < 1.29 is 24.2 Å². The SMILES string of the molecule is CC(=O)Oc1ccc(C(=O)NCCCNC(=O)c2cccc(O)c2)cc1. The van der Waals surface area contributed by atoms with Crippen molar-refractivity contribution >= 4 is 17.8 Å². The molecule has 2 aromatic carbocycles. The number of phenolic OH excluding ortho intramolecular Hbond substituents is 1. The Morgan fingerprint density at radius 2 is 1.54 bits per heavy atom. The van der Waals surface area contributed by atoms with E-state index in [9.17, 15) is 19.5 Å². The van der Waals surface area contributed by atoms with Gasteiger partial charge in [-0.1, -0.05) is 6.07 Å². The first-order valence-corrected chi connectivity index (χ1v) is 8.09. The van der Waals surface area contributed by atoms with Crippen molar-refractivity contribution in [3.63, 3.8) is 0 Å². The molecule has 2 aromatic rings. The monoisotopic (exact) mass is 356 g/mol. The molecule has 3 N–H and O–H groups in total. The standard InChI is InChI=1S/C19H20N2O5/c1-13(22)26-17-8-6-14(7-9-17)18(24)20-10-3-11-21-19(25)15-4-2-5-16(23)12-15/h2,4-9,12,23H,3,10-11H2,1H3,(H,20,24)(H,21,25). The van der Waals surface area contributed by atoms with Crippen molar-refractivity contribution in [2.24, 2.45) is 0 Å². The fourth-order valence-electron chi connectivity index (χ4n) is 2.18. The van der Waals surface area contributed by atoms with Crippen LogP contribution in [-0.2, 0) is 4.79 Å². The number of benzene rings is 2. The van der Waals surface area contributed by atoms with E-state index in [1.54, 1.807) is 36.4 Å². The van der Waals surface area contributed by atoms with Gasteiger partial charge in [0.1, 0.15) is 11.5 Å². The molecule has 0 atom stereocenters. The second kappa shape index (κ2) is 9.22. The minimum absolute atomic E-state index is 0.0321. The molecule has 0 saturated carbocycles. The summed E-state index contributed by atoms with van der Waals surface area (Å²) >= 11 is 0. The first kappa shape index (κ1) is 19.0. The number of ether oxygens (including phenoxy) is 1. The van der Waals surface area contributed by atoms with Gasteiger partial charge in [0.15, 0.2) is 0 Å². The number of aromatic hydroxyl groups is 1. The van der Waals surface area contributed by atoms with Gasteiger partial charge in [-0.2, -0.15) is 0 Å². The van der Waals surface area contributed by atoms with Crippen LogP contribution in [0, 0.1) is 0 Å². The van der Waals surface area contributed by atoms with E-state index in [-0.39, 0.29) is 17.6 Å². The van der Waals surface area contributed by atoms with E-state index < -0.39 is 5.97 Å². The Balaban J connectivity index is 1.70. The normalized spacial score (nSPS) is 10.0. The number of rotatable bonds is 7. The number of nitrogens with one attached hydrogen (secondary N) is 2. The quantitative estimate of drug-likeness (QED) is 0.399. The van der Waals surface area contributed by atoms with Crippen molar-refractivity contribution in [1.29, 1.82) is 0 Å². The number of hydrogen-bond donors (Lipinski definition) is 3. The maximum atomic E-state index is 12.0. The van der Waals surface area contributed by atoms with Crippen LogP contribution < -0.4 is 15.4 Å². The zero-order valence-corrected chi connectivity index (χ0v) is 14.3. The summed E-state index contributed by atoms with van der Waals surface area (Å²) in [5, 5.41) is 14.8. The van der Waals surface area contributed by atoms with Crippen LogP contribution in [0.15, 0.2) is 48.5 Å². The molecule has 26 heavy (non-hydrogen) atoms. The number of amides is 2. The number of phenols is 1. The van der Waals surface area contributed by atoms with Gasteiger partial charge >= 0.3 is 5.97 Å². The van der Waals surface area contributed by atoms with Gasteiger partial charge in [0.2, 0.25) is 0 Å². The molecule has 0 bridgehead atoms. The van der Waals surface area contributed by atoms with E-state index in [1.807, 2.05) is 0 Å². The highest BCUT2D eigenvalue weighted by molar-refractivity contribution is 5.95. The van der Waals surface area contributed by atoms with Gasteiger partial charge in [0.05, 0.1) is 0 Å². The van der Waals surface area contributed by atoms with Gasteiger partial charge in [-0.05, 0) is 48.9 Å². The summed E-state index contributed by atoms with van der Waals surface area (Å²) in [5.74, 6) is -0.546. The molecule has 0 spiro atoms. The minimum Gasteiger partial charge on any atom is -0.508 e. The molecule has 0 aromatic heterocycles. The molecule has 0 saturated heterocycles. The van der Waals surface area contributed by atoms with Gasteiger partial charge in [-0.15, -0.1) is 0 Å². The number of carbonyl (C=O) groups is 3. The molecule has 0 aliphatic heterocycles. The summed E-state index contributed by atoms with van der Waals surface area (Å²) < 4.78 is 4.90. The highest BCUT2D eigenvalue weighted by Crippen LogP contribution is 2.12. The fourth-order valence-corrected chi connectivity index (χ4v) is 2.18. The van der Waals surface area contributed by atoms with E-state index in [4.69, 9.17) is 4.74 Å². The summed E-state index contributed by atoms with van der Waals surface area (Å²) in [6, 6.07) is 12.3. The van der Waals surface area contributed by atoms with Crippen molar-refractivity contribution in [3.8, 4) is 11.5 Å². The highest BCUT2D eigenvalue weighted by atomic mass is 16.5.